The Kier molecular flexibility index (Phi) is 4.48. The Hall–Kier alpha value is -1.77. The molecule has 0 aliphatic rings. The van der Waals surface area contributed by atoms with Crippen LogP contribution in [0.4, 0.5) is 5.82 Å². The molecule has 2 aromatic rings. The minimum Gasteiger partial charge on any atom is -0.383 e. The third-order valence-corrected chi connectivity index (χ3v) is 3.65. The molecular formula is C17H25N3. The fourth-order valence-corrected chi connectivity index (χ4v) is 2.64. The summed E-state index contributed by atoms with van der Waals surface area (Å²) in [6.45, 7) is 9.61. The molecular weight excluding hydrogens is 246 g/mol. The number of aryl methyl sites for hydroxylation is 1. The molecule has 2 rings (SSSR count). The van der Waals surface area contributed by atoms with Gasteiger partial charge in [0.05, 0.1) is 0 Å². The molecule has 0 atom stereocenters. The second-order valence-electron chi connectivity index (χ2n) is 5.52. The number of nitrogens with zero attached hydrogens (tertiary/aromatic N) is 2. The molecule has 0 amide bonds. The van der Waals surface area contributed by atoms with E-state index in [1.165, 1.54) is 11.1 Å². The van der Waals surface area contributed by atoms with E-state index >= 15 is 0 Å². The van der Waals surface area contributed by atoms with Crippen LogP contribution in [0.25, 0.3) is 11.3 Å². The number of benzene rings is 1. The standard InChI is InChI=1S/C17H25N3/c1-5-11-20-16(18)15(19-17(20)12(3)4)14-10-8-7-9-13(14)6-2/h7-10,12H,5-6,11,18H2,1-4H3. The second kappa shape index (κ2) is 6.12. The lowest BCUT2D eigenvalue weighted by atomic mass is 10.0. The number of rotatable bonds is 5. The van der Waals surface area contributed by atoms with Crippen LogP contribution in [0.15, 0.2) is 24.3 Å². The number of nitrogen functional groups attached to an aromatic ring is 1. The molecule has 3 heteroatoms. The number of anilines is 1. The molecule has 2 N–H and O–H groups in total. The van der Waals surface area contributed by atoms with Crippen LogP contribution in [0.3, 0.4) is 0 Å². The number of nitrogens with two attached hydrogens (primary N) is 1. The van der Waals surface area contributed by atoms with Gasteiger partial charge in [-0.2, -0.15) is 0 Å². The summed E-state index contributed by atoms with van der Waals surface area (Å²) in [4.78, 5) is 4.84. The highest BCUT2D eigenvalue weighted by atomic mass is 15.1. The zero-order valence-corrected chi connectivity index (χ0v) is 13.0. The topological polar surface area (TPSA) is 43.8 Å². The average molecular weight is 271 g/mol. The van der Waals surface area contributed by atoms with Crippen molar-refractivity contribution >= 4 is 5.82 Å². The highest BCUT2D eigenvalue weighted by Gasteiger charge is 2.19. The fourth-order valence-electron chi connectivity index (χ4n) is 2.64. The SMILES string of the molecule is CCCn1c(C(C)C)nc(-c2ccccc2CC)c1N. The van der Waals surface area contributed by atoms with Crippen LogP contribution in [0, 0.1) is 0 Å². The van der Waals surface area contributed by atoms with Crippen molar-refractivity contribution in [1.82, 2.24) is 9.55 Å². The summed E-state index contributed by atoms with van der Waals surface area (Å²) in [5, 5.41) is 0. The lowest BCUT2D eigenvalue weighted by molar-refractivity contribution is 0.616. The Morgan fingerprint density at radius 2 is 1.90 bits per heavy atom. The van der Waals surface area contributed by atoms with E-state index in [-0.39, 0.29) is 0 Å². The van der Waals surface area contributed by atoms with Crippen molar-refractivity contribution < 1.29 is 0 Å². The highest BCUT2D eigenvalue weighted by molar-refractivity contribution is 5.74. The molecule has 0 bridgehead atoms. The van der Waals surface area contributed by atoms with Crippen LogP contribution >= 0.6 is 0 Å². The van der Waals surface area contributed by atoms with Crippen LogP contribution < -0.4 is 5.73 Å². The van der Waals surface area contributed by atoms with Crippen LogP contribution in [0.1, 0.15) is 51.4 Å². The Morgan fingerprint density at radius 3 is 2.50 bits per heavy atom. The number of hydrogen-bond acceptors (Lipinski definition) is 2. The predicted octanol–water partition coefficient (Wildman–Crippen LogP) is 4.23. The molecule has 0 spiro atoms. The molecule has 20 heavy (non-hydrogen) atoms. The third-order valence-electron chi connectivity index (χ3n) is 3.65. The maximum atomic E-state index is 6.38. The Morgan fingerprint density at radius 1 is 1.20 bits per heavy atom. The van der Waals surface area contributed by atoms with Gasteiger partial charge in [0, 0.05) is 18.0 Å². The Labute approximate surface area is 121 Å². The quantitative estimate of drug-likeness (QED) is 0.884. The maximum absolute atomic E-state index is 6.38. The van der Waals surface area contributed by atoms with Gasteiger partial charge in [-0.3, -0.25) is 0 Å². The molecule has 0 saturated heterocycles. The molecule has 0 unspecified atom stereocenters. The number of hydrogen-bond donors (Lipinski definition) is 1. The van der Waals surface area contributed by atoms with E-state index in [1.54, 1.807) is 0 Å². The van der Waals surface area contributed by atoms with Crippen LogP contribution in [-0.2, 0) is 13.0 Å². The van der Waals surface area contributed by atoms with E-state index in [4.69, 9.17) is 10.7 Å². The smallest absolute Gasteiger partial charge is 0.131 e. The van der Waals surface area contributed by atoms with Crippen molar-refractivity contribution in [1.29, 1.82) is 0 Å². The first-order valence-electron chi connectivity index (χ1n) is 7.54. The molecule has 0 saturated carbocycles. The Balaban J connectivity index is 2.60. The van der Waals surface area contributed by atoms with Gasteiger partial charge < -0.3 is 10.3 Å². The van der Waals surface area contributed by atoms with E-state index in [2.05, 4.69) is 56.5 Å². The summed E-state index contributed by atoms with van der Waals surface area (Å²) >= 11 is 0. The summed E-state index contributed by atoms with van der Waals surface area (Å²) in [6, 6.07) is 8.41. The predicted molar refractivity (Wildman–Crippen MR) is 85.8 cm³/mol. The van der Waals surface area contributed by atoms with Gasteiger partial charge in [-0.25, -0.2) is 4.98 Å². The van der Waals surface area contributed by atoms with Gasteiger partial charge in [-0.05, 0) is 18.4 Å². The lowest BCUT2D eigenvalue weighted by Crippen LogP contribution is -2.08. The normalized spacial score (nSPS) is 11.2. The number of aromatic nitrogens is 2. The molecule has 108 valence electrons. The summed E-state index contributed by atoms with van der Waals surface area (Å²) in [5.74, 6) is 2.27. The van der Waals surface area contributed by atoms with Crippen molar-refractivity contribution in [3.05, 3.63) is 35.7 Å². The van der Waals surface area contributed by atoms with Crippen LogP contribution in [0.5, 0.6) is 0 Å². The largest absolute Gasteiger partial charge is 0.383 e. The van der Waals surface area contributed by atoms with Crippen molar-refractivity contribution in [2.45, 2.75) is 53.0 Å². The molecule has 3 nitrogen and oxygen atoms in total. The highest BCUT2D eigenvalue weighted by Crippen LogP contribution is 2.31. The maximum Gasteiger partial charge on any atom is 0.131 e. The summed E-state index contributed by atoms with van der Waals surface area (Å²) in [6.07, 6.45) is 2.06. The molecule has 0 fully saturated rings. The van der Waals surface area contributed by atoms with Gasteiger partial charge in [-0.1, -0.05) is 52.0 Å². The van der Waals surface area contributed by atoms with Gasteiger partial charge in [0.15, 0.2) is 0 Å². The minimum atomic E-state index is 0.381. The van der Waals surface area contributed by atoms with E-state index in [9.17, 15) is 0 Å². The van der Waals surface area contributed by atoms with Crippen LogP contribution in [-0.4, -0.2) is 9.55 Å². The first-order chi connectivity index (χ1) is 9.60. The monoisotopic (exact) mass is 271 g/mol. The van der Waals surface area contributed by atoms with Gasteiger partial charge in [0.1, 0.15) is 17.3 Å². The zero-order chi connectivity index (χ0) is 14.7. The molecule has 0 radical (unpaired) electrons. The first-order valence-corrected chi connectivity index (χ1v) is 7.54. The molecule has 1 heterocycles. The van der Waals surface area contributed by atoms with E-state index < -0.39 is 0 Å². The molecule has 1 aromatic carbocycles. The third kappa shape index (κ3) is 2.58. The number of imidazole rings is 1. The van der Waals surface area contributed by atoms with Crippen LogP contribution in [0.2, 0.25) is 0 Å². The van der Waals surface area contributed by atoms with E-state index in [0.717, 1.165) is 36.7 Å². The van der Waals surface area contributed by atoms with Crippen molar-refractivity contribution in [2.75, 3.05) is 5.73 Å². The first kappa shape index (κ1) is 14.6. The van der Waals surface area contributed by atoms with Gasteiger partial charge in [-0.15, -0.1) is 0 Å². The van der Waals surface area contributed by atoms with Gasteiger partial charge in [0.25, 0.3) is 0 Å². The van der Waals surface area contributed by atoms with E-state index in [1.807, 2.05) is 0 Å². The zero-order valence-electron chi connectivity index (χ0n) is 13.0. The fraction of sp³-hybridized carbons (Fsp3) is 0.471. The minimum absolute atomic E-state index is 0.381. The average Bonchev–Trinajstić information content (AvgIpc) is 2.77. The summed E-state index contributed by atoms with van der Waals surface area (Å²) < 4.78 is 2.17. The Bertz CT molecular complexity index is 582. The molecule has 0 aliphatic carbocycles. The second-order valence-corrected chi connectivity index (χ2v) is 5.52. The van der Waals surface area contributed by atoms with E-state index in [0.29, 0.717) is 5.92 Å². The van der Waals surface area contributed by atoms with Gasteiger partial charge >= 0.3 is 0 Å². The molecule has 0 aliphatic heterocycles. The van der Waals surface area contributed by atoms with Crippen molar-refractivity contribution in [3.8, 4) is 11.3 Å². The molecule has 1 aromatic heterocycles. The van der Waals surface area contributed by atoms with Crippen molar-refractivity contribution in [3.63, 3.8) is 0 Å². The van der Waals surface area contributed by atoms with Crippen molar-refractivity contribution in [2.24, 2.45) is 0 Å². The lowest BCUT2D eigenvalue weighted by Gasteiger charge is -2.10. The summed E-state index contributed by atoms with van der Waals surface area (Å²) in [7, 11) is 0. The van der Waals surface area contributed by atoms with Gasteiger partial charge in [0.2, 0.25) is 0 Å². The summed E-state index contributed by atoms with van der Waals surface area (Å²) in [5.41, 5.74) is 9.80.